The van der Waals surface area contributed by atoms with Crippen molar-refractivity contribution < 1.29 is 19.1 Å². The monoisotopic (exact) mass is 413 g/mol. The normalized spacial score (nSPS) is 11.7. The number of hydrogen-bond acceptors (Lipinski definition) is 5. The van der Waals surface area contributed by atoms with E-state index in [1.165, 1.54) is 36.5 Å². The summed E-state index contributed by atoms with van der Waals surface area (Å²) < 4.78 is 5.07. The van der Waals surface area contributed by atoms with Crippen LogP contribution < -0.4 is 5.32 Å². The van der Waals surface area contributed by atoms with Crippen LogP contribution in [0, 0.1) is 6.92 Å². The van der Waals surface area contributed by atoms with Crippen LogP contribution in [-0.2, 0) is 14.3 Å². The number of carbonyl (C=O) groups excluding carboxylic acids is 3. The number of carbonyl (C=O) groups is 3. The number of hydrogen-bond donors (Lipinski definition) is 1. The molecule has 0 radical (unpaired) electrons. The minimum Gasteiger partial charge on any atom is -0.453 e. The van der Waals surface area contributed by atoms with Crippen LogP contribution in [0.2, 0.25) is 10.0 Å². The summed E-state index contributed by atoms with van der Waals surface area (Å²) in [6.07, 6.45) is -1.06. The molecule has 0 aliphatic heterocycles. The number of halogens is 2. The van der Waals surface area contributed by atoms with Crippen LogP contribution in [0.4, 0.5) is 5.69 Å². The third kappa shape index (κ3) is 6.12. The Labute approximate surface area is 165 Å². The first-order valence-electron chi connectivity index (χ1n) is 7.80. The van der Waals surface area contributed by atoms with Crippen LogP contribution in [0.25, 0.3) is 0 Å². The molecule has 2 aromatic rings. The van der Waals surface area contributed by atoms with Crippen LogP contribution in [0.5, 0.6) is 0 Å². The molecular formula is C18H17Cl2NO4S. The zero-order valence-electron chi connectivity index (χ0n) is 14.2. The first-order chi connectivity index (χ1) is 12.2. The fraction of sp³-hybridized carbons (Fsp3) is 0.278. The van der Waals surface area contributed by atoms with Gasteiger partial charge in [0.25, 0.3) is 5.91 Å². The highest BCUT2D eigenvalue weighted by Crippen LogP contribution is 2.22. The molecule has 1 atom stereocenters. The Bertz CT molecular complexity index is 814. The first-order valence-corrected chi connectivity index (χ1v) is 9.38. The van der Waals surface area contributed by atoms with E-state index >= 15 is 0 Å². The summed E-state index contributed by atoms with van der Waals surface area (Å²) in [4.78, 5) is 37.6. The third-order valence-corrected chi connectivity index (χ3v) is 4.86. The van der Waals surface area contributed by atoms with Crippen molar-refractivity contribution in [3.63, 3.8) is 0 Å². The molecule has 0 unspecified atom stereocenters. The maximum atomic E-state index is 12.1. The van der Waals surface area contributed by atoms with Crippen molar-refractivity contribution in [2.45, 2.75) is 32.8 Å². The molecule has 0 fully saturated rings. The minimum absolute atomic E-state index is 0.0387. The maximum Gasteiger partial charge on any atom is 0.307 e. The highest BCUT2D eigenvalue weighted by molar-refractivity contribution is 7.14. The molecule has 5 nitrogen and oxygen atoms in total. The number of benzene rings is 1. The Balaban J connectivity index is 1.82. The van der Waals surface area contributed by atoms with Crippen molar-refractivity contribution in [1.29, 1.82) is 0 Å². The highest BCUT2D eigenvalue weighted by Gasteiger charge is 2.19. The average Bonchev–Trinajstić information content (AvgIpc) is 2.98. The quantitative estimate of drug-likeness (QED) is 0.517. The lowest BCUT2D eigenvalue weighted by Crippen LogP contribution is -2.30. The molecule has 1 amide bonds. The van der Waals surface area contributed by atoms with Gasteiger partial charge in [-0.1, -0.05) is 23.2 Å². The number of Topliss-reactive ketones (excluding diaryl/α,β-unsaturated/α-hetero) is 1. The lowest BCUT2D eigenvalue weighted by atomic mass is 10.2. The van der Waals surface area contributed by atoms with Crippen LogP contribution in [-0.4, -0.2) is 23.8 Å². The van der Waals surface area contributed by atoms with Gasteiger partial charge in [0.15, 0.2) is 11.9 Å². The Kier molecular flexibility index (Phi) is 7.20. The number of thiophene rings is 1. The van der Waals surface area contributed by atoms with Crippen molar-refractivity contribution in [3.05, 3.63) is 50.1 Å². The summed E-state index contributed by atoms with van der Waals surface area (Å²) in [5.41, 5.74) is 0.402. The van der Waals surface area contributed by atoms with E-state index in [-0.39, 0.29) is 18.6 Å². The molecule has 0 aliphatic rings. The van der Waals surface area contributed by atoms with Gasteiger partial charge in [0.2, 0.25) is 0 Å². The summed E-state index contributed by atoms with van der Waals surface area (Å²) in [6, 6.07) is 8.18. The highest BCUT2D eigenvalue weighted by atomic mass is 35.5. The van der Waals surface area contributed by atoms with Crippen molar-refractivity contribution in [2.24, 2.45) is 0 Å². The fourth-order valence-corrected chi connectivity index (χ4v) is 3.46. The summed E-state index contributed by atoms with van der Waals surface area (Å²) >= 11 is 13.1. The molecule has 0 saturated carbocycles. The lowest BCUT2D eigenvalue weighted by Gasteiger charge is -2.13. The lowest BCUT2D eigenvalue weighted by molar-refractivity contribution is -0.153. The number of anilines is 1. The second-order valence-electron chi connectivity index (χ2n) is 5.61. The maximum absolute atomic E-state index is 12.1. The van der Waals surface area contributed by atoms with Gasteiger partial charge in [0.05, 0.1) is 11.3 Å². The van der Waals surface area contributed by atoms with Crippen LogP contribution >= 0.6 is 34.5 Å². The summed E-state index contributed by atoms with van der Waals surface area (Å²) in [5.74, 6) is -1.25. The Morgan fingerprint density at radius 2 is 1.77 bits per heavy atom. The van der Waals surface area contributed by atoms with E-state index in [2.05, 4.69) is 5.32 Å². The van der Waals surface area contributed by atoms with Gasteiger partial charge in [0.1, 0.15) is 0 Å². The Morgan fingerprint density at radius 1 is 1.12 bits per heavy atom. The van der Waals surface area contributed by atoms with Gasteiger partial charge < -0.3 is 10.1 Å². The number of esters is 1. The molecule has 1 heterocycles. The fourth-order valence-electron chi connectivity index (χ4n) is 2.10. The molecular weight excluding hydrogens is 397 g/mol. The average molecular weight is 414 g/mol. The second kappa shape index (κ2) is 9.16. The molecule has 138 valence electrons. The smallest absolute Gasteiger partial charge is 0.307 e. The first kappa shape index (κ1) is 20.4. The van der Waals surface area contributed by atoms with E-state index in [4.69, 9.17) is 27.9 Å². The number of ether oxygens (including phenoxy) is 1. The van der Waals surface area contributed by atoms with Gasteiger partial charge in [-0.15, -0.1) is 11.3 Å². The molecule has 26 heavy (non-hydrogen) atoms. The molecule has 0 spiro atoms. The largest absolute Gasteiger partial charge is 0.453 e. The molecule has 1 aromatic heterocycles. The van der Waals surface area contributed by atoms with Crippen molar-refractivity contribution in [1.82, 2.24) is 0 Å². The van der Waals surface area contributed by atoms with Crippen molar-refractivity contribution >= 4 is 57.9 Å². The van der Waals surface area contributed by atoms with E-state index < -0.39 is 18.0 Å². The number of amides is 1. The summed E-state index contributed by atoms with van der Waals surface area (Å²) in [7, 11) is 0. The molecule has 0 bridgehead atoms. The topological polar surface area (TPSA) is 72.5 Å². The molecule has 1 N–H and O–H groups in total. The standard InChI is InChI=1S/C18H17Cl2NO4S/c1-10-3-5-16(26-10)15(22)4-6-17(23)25-11(2)18(24)21-14-8-12(19)7-13(20)9-14/h3,5,7-9,11H,4,6H2,1-2H3,(H,21,24)/t11-/m1/s1. The van der Waals surface area contributed by atoms with E-state index in [0.717, 1.165) is 4.88 Å². The molecule has 0 aliphatic carbocycles. The van der Waals surface area contributed by atoms with E-state index in [1.807, 2.05) is 13.0 Å². The molecule has 0 saturated heterocycles. The Hall–Kier alpha value is -1.89. The number of aryl methyl sites for hydroxylation is 1. The van der Waals surface area contributed by atoms with E-state index in [0.29, 0.717) is 20.6 Å². The van der Waals surface area contributed by atoms with Gasteiger partial charge in [0, 0.05) is 27.0 Å². The summed E-state index contributed by atoms with van der Waals surface area (Å²) in [5, 5.41) is 3.32. The minimum atomic E-state index is -1.01. The van der Waals surface area contributed by atoms with Crippen molar-refractivity contribution in [2.75, 3.05) is 5.32 Å². The van der Waals surface area contributed by atoms with Gasteiger partial charge in [-0.05, 0) is 44.2 Å². The molecule has 8 heteroatoms. The number of ketones is 1. The summed E-state index contributed by atoms with van der Waals surface area (Å²) in [6.45, 7) is 3.35. The third-order valence-electron chi connectivity index (χ3n) is 3.38. The van der Waals surface area contributed by atoms with E-state index in [9.17, 15) is 14.4 Å². The van der Waals surface area contributed by atoms with Gasteiger partial charge in [-0.2, -0.15) is 0 Å². The van der Waals surface area contributed by atoms with Crippen LogP contribution in [0.1, 0.15) is 34.3 Å². The predicted molar refractivity (Wildman–Crippen MR) is 103 cm³/mol. The SMILES string of the molecule is Cc1ccc(C(=O)CCC(=O)O[C@H](C)C(=O)Nc2cc(Cl)cc(Cl)c2)s1. The van der Waals surface area contributed by atoms with E-state index in [1.54, 1.807) is 6.07 Å². The predicted octanol–water partition coefficient (Wildman–Crippen LogP) is 4.90. The number of rotatable bonds is 7. The zero-order valence-corrected chi connectivity index (χ0v) is 16.5. The van der Waals surface area contributed by atoms with Crippen molar-refractivity contribution in [3.8, 4) is 0 Å². The van der Waals surface area contributed by atoms with Crippen LogP contribution in [0.15, 0.2) is 30.3 Å². The van der Waals surface area contributed by atoms with Gasteiger partial charge >= 0.3 is 5.97 Å². The second-order valence-corrected chi connectivity index (χ2v) is 7.77. The zero-order chi connectivity index (χ0) is 19.3. The number of nitrogens with one attached hydrogen (secondary N) is 1. The molecule has 1 aromatic carbocycles. The van der Waals surface area contributed by atoms with Gasteiger partial charge in [-0.25, -0.2) is 0 Å². The molecule has 2 rings (SSSR count). The van der Waals surface area contributed by atoms with Crippen LogP contribution in [0.3, 0.4) is 0 Å². The Morgan fingerprint density at radius 3 is 2.35 bits per heavy atom. The van der Waals surface area contributed by atoms with Gasteiger partial charge in [-0.3, -0.25) is 14.4 Å².